The average Bonchev–Trinajstić information content (AvgIpc) is 2.46. The summed E-state index contributed by atoms with van der Waals surface area (Å²) in [6.07, 6.45) is 12.6. The number of aliphatic hydroxyl groups is 1. The maximum Gasteiger partial charge on any atom is 0.0687 e. The highest BCUT2D eigenvalue weighted by Gasteiger charge is 2.32. The van der Waals surface area contributed by atoms with Crippen LogP contribution in [0.5, 0.6) is 0 Å². The van der Waals surface area contributed by atoms with Gasteiger partial charge in [-0.1, -0.05) is 58.8 Å². The maximum atomic E-state index is 9.99. The monoisotopic (exact) mass is 267 g/mol. The van der Waals surface area contributed by atoms with E-state index in [2.05, 4.69) is 19.2 Å². The van der Waals surface area contributed by atoms with Crippen LogP contribution in [0.15, 0.2) is 0 Å². The molecule has 0 spiro atoms. The molecule has 0 heterocycles. The van der Waals surface area contributed by atoms with Crippen LogP contribution in [0.2, 0.25) is 0 Å². The largest absolute Gasteiger partial charge is 0.392 e. The van der Waals surface area contributed by atoms with E-state index in [1.165, 1.54) is 57.8 Å². The third kappa shape index (κ3) is 4.46. The Morgan fingerprint density at radius 3 is 2.26 bits per heavy atom. The van der Waals surface area contributed by atoms with Gasteiger partial charge in [0, 0.05) is 12.6 Å². The summed E-state index contributed by atoms with van der Waals surface area (Å²) in [5, 5.41) is 13.7. The first-order chi connectivity index (χ1) is 9.18. The van der Waals surface area contributed by atoms with E-state index in [1.54, 1.807) is 0 Å². The Labute approximate surface area is 119 Å². The summed E-state index contributed by atoms with van der Waals surface area (Å²) in [6, 6.07) is 0.672. The van der Waals surface area contributed by atoms with Gasteiger partial charge in [-0.15, -0.1) is 0 Å². The molecular weight excluding hydrogens is 234 g/mol. The van der Waals surface area contributed by atoms with Crippen LogP contribution in [0.3, 0.4) is 0 Å². The SMILES string of the molecule is CC(C)C(O)CNC1CCCCC1C1CCCCC1. The topological polar surface area (TPSA) is 32.3 Å². The fourth-order valence-corrected chi connectivity index (χ4v) is 4.05. The molecule has 0 bridgehead atoms. The molecular formula is C17H33NO. The fraction of sp³-hybridized carbons (Fsp3) is 1.00. The second-order valence-electron chi connectivity index (χ2n) is 7.17. The first kappa shape index (κ1) is 15.3. The smallest absolute Gasteiger partial charge is 0.0687 e. The lowest BCUT2D eigenvalue weighted by molar-refractivity contribution is 0.0979. The molecule has 0 aromatic rings. The van der Waals surface area contributed by atoms with Gasteiger partial charge in [0.2, 0.25) is 0 Å². The molecule has 19 heavy (non-hydrogen) atoms. The van der Waals surface area contributed by atoms with Crippen molar-refractivity contribution in [2.24, 2.45) is 17.8 Å². The second kappa shape index (κ2) is 7.64. The predicted octanol–water partition coefficient (Wildman–Crippen LogP) is 3.73. The average molecular weight is 267 g/mol. The zero-order valence-corrected chi connectivity index (χ0v) is 12.9. The van der Waals surface area contributed by atoms with E-state index in [0.29, 0.717) is 12.0 Å². The number of rotatable bonds is 5. The fourth-order valence-electron chi connectivity index (χ4n) is 4.05. The van der Waals surface area contributed by atoms with Crippen LogP contribution in [0.25, 0.3) is 0 Å². The van der Waals surface area contributed by atoms with Gasteiger partial charge in [0.05, 0.1) is 6.10 Å². The van der Waals surface area contributed by atoms with Gasteiger partial charge in [0.25, 0.3) is 0 Å². The first-order valence-corrected chi connectivity index (χ1v) is 8.60. The Kier molecular flexibility index (Phi) is 6.15. The highest BCUT2D eigenvalue weighted by molar-refractivity contribution is 4.87. The number of aliphatic hydroxyl groups excluding tert-OH is 1. The molecule has 0 saturated heterocycles. The molecule has 2 aliphatic rings. The highest BCUT2D eigenvalue weighted by Crippen LogP contribution is 2.38. The zero-order chi connectivity index (χ0) is 13.7. The first-order valence-electron chi connectivity index (χ1n) is 8.60. The standard InChI is InChI=1S/C17H33NO/c1-13(2)17(19)12-18-16-11-7-6-10-15(16)14-8-4-3-5-9-14/h13-19H,3-12H2,1-2H3. The van der Waals surface area contributed by atoms with Gasteiger partial charge in [0.15, 0.2) is 0 Å². The van der Waals surface area contributed by atoms with Crippen molar-refractivity contribution in [2.75, 3.05) is 6.54 Å². The molecule has 0 radical (unpaired) electrons. The van der Waals surface area contributed by atoms with E-state index >= 15 is 0 Å². The molecule has 2 nitrogen and oxygen atoms in total. The van der Waals surface area contributed by atoms with Crippen LogP contribution in [0.4, 0.5) is 0 Å². The van der Waals surface area contributed by atoms with Crippen LogP contribution >= 0.6 is 0 Å². The molecule has 0 aromatic carbocycles. The second-order valence-corrected chi connectivity index (χ2v) is 7.17. The van der Waals surface area contributed by atoms with Crippen LogP contribution in [-0.4, -0.2) is 23.8 Å². The van der Waals surface area contributed by atoms with E-state index in [-0.39, 0.29) is 6.10 Å². The van der Waals surface area contributed by atoms with E-state index in [0.717, 1.165) is 18.4 Å². The molecule has 0 aromatic heterocycles. The normalized spacial score (nSPS) is 31.6. The van der Waals surface area contributed by atoms with Gasteiger partial charge in [-0.2, -0.15) is 0 Å². The molecule has 0 amide bonds. The van der Waals surface area contributed by atoms with Crippen molar-refractivity contribution in [1.29, 1.82) is 0 Å². The van der Waals surface area contributed by atoms with Crippen molar-refractivity contribution in [2.45, 2.75) is 83.8 Å². The van der Waals surface area contributed by atoms with Gasteiger partial charge in [-0.3, -0.25) is 0 Å². The maximum absolute atomic E-state index is 9.99. The van der Waals surface area contributed by atoms with Crippen LogP contribution < -0.4 is 5.32 Å². The molecule has 3 atom stereocenters. The lowest BCUT2D eigenvalue weighted by Gasteiger charge is -2.40. The minimum atomic E-state index is -0.186. The Morgan fingerprint density at radius 2 is 1.58 bits per heavy atom. The minimum absolute atomic E-state index is 0.186. The van der Waals surface area contributed by atoms with Gasteiger partial charge in [-0.25, -0.2) is 0 Å². The molecule has 2 fully saturated rings. The molecule has 3 unspecified atom stereocenters. The number of hydrogen-bond donors (Lipinski definition) is 2. The van der Waals surface area contributed by atoms with Crippen molar-refractivity contribution < 1.29 is 5.11 Å². The Bertz CT molecular complexity index is 248. The number of hydrogen-bond acceptors (Lipinski definition) is 2. The van der Waals surface area contributed by atoms with Crippen molar-refractivity contribution in [1.82, 2.24) is 5.32 Å². The van der Waals surface area contributed by atoms with Crippen molar-refractivity contribution in [3.63, 3.8) is 0 Å². The minimum Gasteiger partial charge on any atom is -0.392 e. The summed E-state index contributed by atoms with van der Waals surface area (Å²) < 4.78 is 0. The van der Waals surface area contributed by atoms with Gasteiger partial charge < -0.3 is 10.4 Å². The van der Waals surface area contributed by atoms with E-state index in [9.17, 15) is 5.11 Å². The molecule has 2 heteroatoms. The van der Waals surface area contributed by atoms with Crippen molar-refractivity contribution in [3.05, 3.63) is 0 Å². The molecule has 2 N–H and O–H groups in total. The van der Waals surface area contributed by atoms with Crippen LogP contribution in [-0.2, 0) is 0 Å². The lowest BCUT2D eigenvalue weighted by Crippen LogP contribution is -2.45. The van der Waals surface area contributed by atoms with Crippen molar-refractivity contribution in [3.8, 4) is 0 Å². The quantitative estimate of drug-likeness (QED) is 0.795. The number of nitrogens with one attached hydrogen (secondary N) is 1. The van der Waals surface area contributed by atoms with Gasteiger partial charge in [0.1, 0.15) is 0 Å². The summed E-state index contributed by atoms with van der Waals surface area (Å²) in [5.41, 5.74) is 0. The summed E-state index contributed by atoms with van der Waals surface area (Å²) in [6.45, 7) is 4.99. The molecule has 2 rings (SSSR count). The van der Waals surface area contributed by atoms with Crippen LogP contribution in [0.1, 0.15) is 71.6 Å². The highest BCUT2D eigenvalue weighted by atomic mass is 16.3. The predicted molar refractivity (Wildman–Crippen MR) is 81.2 cm³/mol. The third-order valence-corrected chi connectivity index (χ3v) is 5.43. The van der Waals surface area contributed by atoms with Crippen molar-refractivity contribution >= 4 is 0 Å². The summed E-state index contributed by atoms with van der Waals surface area (Å²) >= 11 is 0. The van der Waals surface area contributed by atoms with E-state index in [4.69, 9.17) is 0 Å². The summed E-state index contributed by atoms with van der Waals surface area (Å²) in [4.78, 5) is 0. The lowest BCUT2D eigenvalue weighted by atomic mass is 9.71. The Hall–Kier alpha value is -0.0800. The summed E-state index contributed by atoms with van der Waals surface area (Å²) in [5.74, 6) is 2.21. The molecule has 2 aliphatic carbocycles. The summed E-state index contributed by atoms with van der Waals surface area (Å²) in [7, 11) is 0. The Balaban J connectivity index is 1.84. The van der Waals surface area contributed by atoms with Crippen LogP contribution in [0, 0.1) is 17.8 Å². The Morgan fingerprint density at radius 1 is 0.947 bits per heavy atom. The van der Waals surface area contributed by atoms with Gasteiger partial charge in [-0.05, 0) is 30.6 Å². The van der Waals surface area contributed by atoms with Gasteiger partial charge >= 0.3 is 0 Å². The molecule has 0 aliphatic heterocycles. The van der Waals surface area contributed by atoms with E-state index in [1.807, 2.05) is 0 Å². The zero-order valence-electron chi connectivity index (χ0n) is 12.9. The molecule has 2 saturated carbocycles. The molecule has 112 valence electrons. The third-order valence-electron chi connectivity index (χ3n) is 5.43. The van der Waals surface area contributed by atoms with E-state index < -0.39 is 0 Å².